The summed E-state index contributed by atoms with van der Waals surface area (Å²) in [6.45, 7) is 2.26. The van der Waals surface area contributed by atoms with E-state index in [2.05, 4.69) is 6.92 Å². The molecule has 0 nitrogen and oxygen atoms in total. The third kappa shape index (κ3) is 5.95. The Balaban J connectivity index is 1.45. The Morgan fingerprint density at radius 2 is 1.21 bits per heavy atom. The quantitative estimate of drug-likeness (QED) is 0.409. The summed E-state index contributed by atoms with van der Waals surface area (Å²) in [6.07, 6.45) is 9.08. The first-order valence-corrected chi connectivity index (χ1v) is 11.3. The van der Waals surface area contributed by atoms with E-state index in [-0.39, 0.29) is 0 Å². The van der Waals surface area contributed by atoms with E-state index in [1.54, 1.807) is 0 Å². The van der Waals surface area contributed by atoms with Crippen LogP contribution in [0.1, 0.15) is 88.7 Å². The van der Waals surface area contributed by atoms with Crippen LogP contribution in [0.2, 0.25) is 0 Å². The molecule has 2 saturated carbocycles. The van der Waals surface area contributed by atoms with Crippen molar-refractivity contribution in [3.8, 4) is 0 Å². The molecule has 0 bridgehead atoms. The second-order valence-electron chi connectivity index (χ2n) is 9.32. The van der Waals surface area contributed by atoms with Crippen LogP contribution in [-0.4, -0.2) is 0 Å². The number of aryl methyl sites for hydroxylation is 1. The van der Waals surface area contributed by atoms with Gasteiger partial charge in [-0.25, -0.2) is 8.78 Å². The molecule has 0 N–H and O–H groups in total. The van der Waals surface area contributed by atoms with Crippen LogP contribution in [0.5, 0.6) is 0 Å². The SMILES string of the molecule is CCC[C@H]1CC[C@H](C2CCC(CCc3cc(F)c(C(F)(F)F)c(F)c3)CC2)CC1. The molecule has 29 heavy (non-hydrogen) atoms. The minimum absolute atomic E-state index is 0.323. The molecule has 0 atom stereocenters. The van der Waals surface area contributed by atoms with Gasteiger partial charge in [-0.2, -0.15) is 13.2 Å². The number of hydrogen-bond donors (Lipinski definition) is 0. The highest BCUT2D eigenvalue weighted by atomic mass is 19.4. The molecule has 0 saturated heterocycles. The second kappa shape index (κ2) is 9.78. The summed E-state index contributed by atoms with van der Waals surface area (Å²) in [5, 5.41) is 0. The Hall–Kier alpha value is -1.13. The smallest absolute Gasteiger partial charge is 0.206 e. The topological polar surface area (TPSA) is 0 Å². The van der Waals surface area contributed by atoms with Crippen molar-refractivity contribution in [3.05, 3.63) is 34.9 Å². The molecule has 2 aliphatic rings. The zero-order chi connectivity index (χ0) is 21.0. The minimum atomic E-state index is -5.00. The summed E-state index contributed by atoms with van der Waals surface area (Å²) in [6, 6.07) is 1.71. The molecule has 2 fully saturated rings. The highest BCUT2D eigenvalue weighted by molar-refractivity contribution is 5.28. The van der Waals surface area contributed by atoms with E-state index in [1.165, 1.54) is 51.4 Å². The molecular weight excluding hydrogens is 383 g/mol. The Labute approximate surface area is 171 Å². The van der Waals surface area contributed by atoms with Crippen LogP contribution in [0, 0.1) is 35.3 Å². The number of alkyl halides is 3. The van der Waals surface area contributed by atoms with Crippen LogP contribution in [-0.2, 0) is 12.6 Å². The third-order valence-electron chi connectivity index (χ3n) is 7.37. The van der Waals surface area contributed by atoms with Gasteiger partial charge in [0.05, 0.1) is 0 Å². The van der Waals surface area contributed by atoms with Gasteiger partial charge < -0.3 is 0 Å². The molecule has 1 aromatic rings. The fourth-order valence-corrected chi connectivity index (χ4v) is 5.72. The van der Waals surface area contributed by atoms with Crippen molar-refractivity contribution in [1.82, 2.24) is 0 Å². The molecule has 0 heterocycles. The van der Waals surface area contributed by atoms with Gasteiger partial charge in [0.2, 0.25) is 0 Å². The van der Waals surface area contributed by atoms with Crippen molar-refractivity contribution in [2.45, 2.75) is 90.1 Å². The Kier molecular flexibility index (Phi) is 7.61. The molecule has 2 aliphatic carbocycles. The summed E-state index contributed by atoms with van der Waals surface area (Å²) in [5.41, 5.74) is -1.46. The molecule has 0 spiro atoms. The van der Waals surface area contributed by atoms with Crippen molar-refractivity contribution < 1.29 is 22.0 Å². The van der Waals surface area contributed by atoms with E-state index >= 15 is 0 Å². The average molecular weight is 417 g/mol. The van der Waals surface area contributed by atoms with Crippen molar-refractivity contribution in [2.75, 3.05) is 0 Å². The van der Waals surface area contributed by atoms with E-state index in [1.807, 2.05) is 0 Å². The molecule has 164 valence electrons. The predicted octanol–water partition coefficient (Wildman–Crippen LogP) is 8.33. The van der Waals surface area contributed by atoms with E-state index in [0.29, 0.717) is 17.9 Å². The van der Waals surface area contributed by atoms with Crippen LogP contribution < -0.4 is 0 Å². The van der Waals surface area contributed by atoms with Gasteiger partial charge in [-0.15, -0.1) is 0 Å². The van der Waals surface area contributed by atoms with Gasteiger partial charge in [0.15, 0.2) is 0 Å². The fourth-order valence-electron chi connectivity index (χ4n) is 5.72. The third-order valence-corrected chi connectivity index (χ3v) is 7.37. The molecule has 5 heteroatoms. The van der Waals surface area contributed by atoms with Gasteiger partial charge in [-0.1, -0.05) is 45.4 Å². The maximum Gasteiger partial charge on any atom is 0.422 e. The van der Waals surface area contributed by atoms with Gasteiger partial charge in [0.25, 0.3) is 0 Å². The first-order valence-electron chi connectivity index (χ1n) is 11.3. The summed E-state index contributed by atoms with van der Waals surface area (Å²) in [4.78, 5) is 0. The van der Waals surface area contributed by atoms with E-state index in [4.69, 9.17) is 0 Å². The van der Waals surface area contributed by atoms with Crippen LogP contribution in [0.4, 0.5) is 22.0 Å². The number of rotatable bonds is 6. The molecule has 0 radical (unpaired) electrons. The van der Waals surface area contributed by atoms with Crippen LogP contribution in [0.25, 0.3) is 0 Å². The largest absolute Gasteiger partial charge is 0.422 e. The number of hydrogen-bond acceptors (Lipinski definition) is 0. The monoisotopic (exact) mass is 416 g/mol. The van der Waals surface area contributed by atoms with Gasteiger partial charge in [-0.05, 0) is 79.9 Å². The van der Waals surface area contributed by atoms with Crippen molar-refractivity contribution in [3.63, 3.8) is 0 Å². The van der Waals surface area contributed by atoms with E-state index in [9.17, 15) is 22.0 Å². The lowest BCUT2D eigenvalue weighted by molar-refractivity contribution is -0.142. The average Bonchev–Trinajstić information content (AvgIpc) is 2.66. The lowest BCUT2D eigenvalue weighted by Gasteiger charge is -2.38. The summed E-state index contributed by atoms with van der Waals surface area (Å²) in [7, 11) is 0. The van der Waals surface area contributed by atoms with Gasteiger partial charge in [-0.3, -0.25) is 0 Å². The minimum Gasteiger partial charge on any atom is -0.206 e. The Morgan fingerprint density at radius 3 is 1.62 bits per heavy atom. The first-order chi connectivity index (χ1) is 13.8. The highest BCUT2D eigenvalue weighted by Gasteiger charge is 2.38. The van der Waals surface area contributed by atoms with Crippen molar-refractivity contribution in [1.29, 1.82) is 0 Å². The van der Waals surface area contributed by atoms with Gasteiger partial charge >= 0.3 is 6.18 Å². The fraction of sp³-hybridized carbons (Fsp3) is 0.750. The second-order valence-corrected chi connectivity index (χ2v) is 9.32. The zero-order valence-electron chi connectivity index (χ0n) is 17.3. The molecular formula is C24H33F5. The molecule has 0 unspecified atom stereocenters. The normalized spacial score (nSPS) is 28.5. The molecule has 0 aromatic heterocycles. The highest BCUT2D eigenvalue weighted by Crippen LogP contribution is 2.43. The standard InChI is InChI=1S/C24H33F5/c1-2-3-16-6-10-19(11-7-16)20-12-8-17(9-13-20)4-5-18-14-21(25)23(22(26)15-18)24(27,28)29/h14-17,19-20H,2-13H2,1H3/t16-,17?,19-,20?. The lowest BCUT2D eigenvalue weighted by Crippen LogP contribution is -2.26. The van der Waals surface area contributed by atoms with Crippen LogP contribution >= 0.6 is 0 Å². The summed E-state index contributed by atoms with van der Waals surface area (Å²) in [5.74, 6) is 0.106. The van der Waals surface area contributed by atoms with Gasteiger partial charge in [0.1, 0.15) is 17.2 Å². The molecule has 3 rings (SSSR count). The predicted molar refractivity (Wildman–Crippen MR) is 105 cm³/mol. The summed E-state index contributed by atoms with van der Waals surface area (Å²) < 4.78 is 65.6. The van der Waals surface area contributed by atoms with Crippen LogP contribution in [0.3, 0.4) is 0 Å². The van der Waals surface area contributed by atoms with Crippen molar-refractivity contribution >= 4 is 0 Å². The Bertz CT molecular complexity index is 627. The molecule has 1 aromatic carbocycles. The summed E-state index contributed by atoms with van der Waals surface area (Å²) >= 11 is 0. The Morgan fingerprint density at radius 1 is 0.759 bits per heavy atom. The van der Waals surface area contributed by atoms with E-state index in [0.717, 1.165) is 49.1 Å². The van der Waals surface area contributed by atoms with Gasteiger partial charge in [0, 0.05) is 0 Å². The maximum absolute atomic E-state index is 13.7. The molecule has 0 amide bonds. The zero-order valence-corrected chi connectivity index (χ0v) is 17.3. The molecule has 0 aliphatic heterocycles. The number of benzene rings is 1. The number of halogens is 5. The van der Waals surface area contributed by atoms with Crippen LogP contribution in [0.15, 0.2) is 12.1 Å². The van der Waals surface area contributed by atoms with E-state index < -0.39 is 23.4 Å². The first kappa shape index (κ1) is 22.6. The lowest BCUT2D eigenvalue weighted by atomic mass is 9.68. The van der Waals surface area contributed by atoms with Crippen molar-refractivity contribution in [2.24, 2.45) is 23.7 Å². The maximum atomic E-state index is 13.7.